The second kappa shape index (κ2) is 6.85. The Hall–Kier alpha value is -1.15. The van der Waals surface area contributed by atoms with Gasteiger partial charge in [-0.3, -0.25) is 5.84 Å². The highest BCUT2D eigenvalue weighted by Gasteiger charge is 2.26. The highest BCUT2D eigenvalue weighted by Crippen LogP contribution is 2.20. The van der Waals surface area contributed by atoms with Gasteiger partial charge in [0, 0.05) is 24.9 Å². The molecule has 1 rings (SSSR count). The fraction of sp³-hybridized carbons (Fsp3) is 0.500. The van der Waals surface area contributed by atoms with Gasteiger partial charge in [0.2, 0.25) is 10.0 Å². The summed E-state index contributed by atoms with van der Waals surface area (Å²) in [7, 11) is -3.54. The summed E-state index contributed by atoms with van der Waals surface area (Å²) >= 11 is 0. The summed E-state index contributed by atoms with van der Waals surface area (Å²) in [5, 5.41) is 8.86. The molecule has 0 aliphatic heterocycles. The van der Waals surface area contributed by atoms with Crippen molar-refractivity contribution in [3.05, 3.63) is 24.3 Å². The van der Waals surface area contributed by atoms with Gasteiger partial charge in [0.1, 0.15) is 0 Å². The molecule has 0 bridgehead atoms. The van der Waals surface area contributed by atoms with Crippen LogP contribution in [0.5, 0.6) is 0 Å². The van der Waals surface area contributed by atoms with E-state index >= 15 is 0 Å². The zero-order valence-electron chi connectivity index (χ0n) is 11.2. The van der Waals surface area contributed by atoms with Crippen LogP contribution in [0.15, 0.2) is 29.2 Å². The molecule has 1 aromatic carbocycles. The number of nitrogen functional groups attached to an aromatic ring is 1. The molecule has 108 valence electrons. The number of hydrazine groups is 1. The summed E-state index contributed by atoms with van der Waals surface area (Å²) in [6.07, 6.45) is 0.417. The van der Waals surface area contributed by atoms with Crippen LogP contribution in [-0.4, -0.2) is 37.0 Å². The molecule has 0 aliphatic rings. The molecule has 1 aromatic rings. The normalized spacial score (nSPS) is 12.1. The number of nitrogens with zero attached hydrogens (tertiary/aromatic N) is 1. The van der Waals surface area contributed by atoms with Crippen LogP contribution in [0, 0.1) is 0 Å². The molecule has 7 heteroatoms. The van der Waals surface area contributed by atoms with E-state index in [4.69, 9.17) is 10.9 Å². The Kier molecular flexibility index (Phi) is 5.74. The van der Waals surface area contributed by atoms with Crippen molar-refractivity contribution in [3.8, 4) is 0 Å². The number of nitrogens with two attached hydrogens (primary N) is 1. The molecular weight excluding hydrogens is 266 g/mol. The molecule has 0 amide bonds. The van der Waals surface area contributed by atoms with Crippen molar-refractivity contribution in [2.45, 2.75) is 31.2 Å². The Balaban J connectivity index is 3.04. The first kappa shape index (κ1) is 15.9. The Morgan fingerprint density at radius 3 is 2.32 bits per heavy atom. The first-order valence-corrected chi connectivity index (χ1v) is 7.57. The average molecular weight is 287 g/mol. The summed E-state index contributed by atoms with van der Waals surface area (Å²) < 4.78 is 26.3. The largest absolute Gasteiger partial charge is 0.396 e. The van der Waals surface area contributed by atoms with Crippen LogP contribution in [0.1, 0.15) is 20.3 Å². The van der Waals surface area contributed by atoms with Crippen LogP contribution in [-0.2, 0) is 10.0 Å². The third-order valence-electron chi connectivity index (χ3n) is 2.74. The van der Waals surface area contributed by atoms with Gasteiger partial charge in [0.25, 0.3) is 0 Å². The SMILES string of the molecule is CC(C)N(CCCO)S(=O)(=O)c1ccc(NN)cc1. The molecule has 0 aliphatic carbocycles. The van der Waals surface area contributed by atoms with Gasteiger partial charge >= 0.3 is 0 Å². The van der Waals surface area contributed by atoms with Crippen molar-refractivity contribution < 1.29 is 13.5 Å². The number of hydrogen-bond acceptors (Lipinski definition) is 5. The maximum absolute atomic E-state index is 12.5. The maximum atomic E-state index is 12.5. The molecule has 4 N–H and O–H groups in total. The fourth-order valence-corrected chi connectivity index (χ4v) is 3.42. The van der Waals surface area contributed by atoms with E-state index in [-0.39, 0.29) is 17.5 Å². The highest BCUT2D eigenvalue weighted by atomic mass is 32.2. The third kappa shape index (κ3) is 3.90. The van der Waals surface area contributed by atoms with Crippen LogP contribution in [0.2, 0.25) is 0 Å². The number of aliphatic hydroxyl groups excluding tert-OH is 1. The zero-order valence-corrected chi connectivity index (χ0v) is 12.0. The lowest BCUT2D eigenvalue weighted by Crippen LogP contribution is -2.38. The van der Waals surface area contributed by atoms with Crippen molar-refractivity contribution in [2.24, 2.45) is 5.84 Å². The minimum absolute atomic E-state index is 0.0330. The van der Waals surface area contributed by atoms with Gasteiger partial charge in [-0.1, -0.05) is 0 Å². The molecule has 0 saturated carbocycles. The Morgan fingerprint density at radius 1 is 1.32 bits per heavy atom. The molecule has 0 aromatic heterocycles. The van der Waals surface area contributed by atoms with E-state index in [0.717, 1.165) is 0 Å². The number of sulfonamides is 1. The number of rotatable bonds is 7. The van der Waals surface area contributed by atoms with E-state index in [0.29, 0.717) is 18.7 Å². The molecular formula is C12H21N3O3S. The van der Waals surface area contributed by atoms with Crippen molar-refractivity contribution in [1.29, 1.82) is 0 Å². The molecule has 0 fully saturated rings. The molecule has 0 saturated heterocycles. The van der Waals surface area contributed by atoms with Crippen molar-refractivity contribution in [2.75, 3.05) is 18.6 Å². The van der Waals surface area contributed by atoms with Gasteiger partial charge in [0.05, 0.1) is 4.90 Å². The topological polar surface area (TPSA) is 95.7 Å². The van der Waals surface area contributed by atoms with Crippen LogP contribution < -0.4 is 11.3 Å². The summed E-state index contributed by atoms with van der Waals surface area (Å²) in [4.78, 5) is 0.220. The molecule has 0 spiro atoms. The van der Waals surface area contributed by atoms with Crippen LogP contribution in [0.25, 0.3) is 0 Å². The zero-order chi connectivity index (χ0) is 14.5. The third-order valence-corrected chi connectivity index (χ3v) is 4.83. The minimum atomic E-state index is -3.54. The number of hydrogen-bond donors (Lipinski definition) is 3. The average Bonchev–Trinajstić information content (AvgIpc) is 2.38. The predicted octanol–water partition coefficient (Wildman–Crippen LogP) is 0.754. The smallest absolute Gasteiger partial charge is 0.243 e. The first-order valence-electron chi connectivity index (χ1n) is 6.13. The summed E-state index contributed by atoms with van der Waals surface area (Å²) in [6.45, 7) is 3.89. The fourth-order valence-electron chi connectivity index (χ4n) is 1.74. The van der Waals surface area contributed by atoms with Crippen molar-refractivity contribution >= 4 is 15.7 Å². The number of aliphatic hydroxyl groups is 1. The van der Waals surface area contributed by atoms with E-state index in [1.54, 1.807) is 12.1 Å². The second-order valence-electron chi connectivity index (χ2n) is 4.46. The van der Waals surface area contributed by atoms with Crippen LogP contribution in [0.4, 0.5) is 5.69 Å². The summed E-state index contributed by atoms with van der Waals surface area (Å²) in [5.41, 5.74) is 3.09. The van der Waals surface area contributed by atoms with E-state index in [1.807, 2.05) is 13.8 Å². The summed E-state index contributed by atoms with van der Waals surface area (Å²) in [5.74, 6) is 5.25. The van der Waals surface area contributed by atoms with E-state index < -0.39 is 10.0 Å². The van der Waals surface area contributed by atoms with Crippen molar-refractivity contribution in [3.63, 3.8) is 0 Å². The van der Waals surface area contributed by atoms with Gasteiger partial charge in [-0.05, 0) is 44.5 Å². The van der Waals surface area contributed by atoms with E-state index in [2.05, 4.69) is 5.43 Å². The second-order valence-corrected chi connectivity index (χ2v) is 6.35. The van der Waals surface area contributed by atoms with Gasteiger partial charge in [-0.25, -0.2) is 8.42 Å². The lowest BCUT2D eigenvalue weighted by Gasteiger charge is -2.25. The van der Waals surface area contributed by atoms with Crippen LogP contribution >= 0.6 is 0 Å². The number of benzene rings is 1. The monoisotopic (exact) mass is 287 g/mol. The predicted molar refractivity (Wildman–Crippen MR) is 75.0 cm³/mol. The Labute approximate surface area is 114 Å². The molecule has 6 nitrogen and oxygen atoms in total. The van der Waals surface area contributed by atoms with Gasteiger partial charge < -0.3 is 10.5 Å². The van der Waals surface area contributed by atoms with E-state index in [1.165, 1.54) is 16.4 Å². The molecule has 0 heterocycles. The maximum Gasteiger partial charge on any atom is 0.243 e. The van der Waals surface area contributed by atoms with Gasteiger partial charge in [-0.2, -0.15) is 4.31 Å². The summed E-state index contributed by atoms with van der Waals surface area (Å²) in [6, 6.07) is 6.08. The number of anilines is 1. The van der Waals surface area contributed by atoms with Gasteiger partial charge in [0.15, 0.2) is 0 Å². The Morgan fingerprint density at radius 2 is 1.89 bits per heavy atom. The molecule has 0 unspecified atom stereocenters. The minimum Gasteiger partial charge on any atom is -0.396 e. The molecule has 19 heavy (non-hydrogen) atoms. The lowest BCUT2D eigenvalue weighted by molar-refractivity contribution is 0.258. The lowest BCUT2D eigenvalue weighted by atomic mass is 10.3. The number of nitrogens with one attached hydrogen (secondary N) is 1. The first-order chi connectivity index (χ1) is 8.93. The van der Waals surface area contributed by atoms with Crippen LogP contribution in [0.3, 0.4) is 0 Å². The van der Waals surface area contributed by atoms with Crippen molar-refractivity contribution in [1.82, 2.24) is 4.31 Å². The molecule has 0 atom stereocenters. The van der Waals surface area contributed by atoms with E-state index in [9.17, 15) is 8.42 Å². The highest BCUT2D eigenvalue weighted by molar-refractivity contribution is 7.89. The Bertz CT molecular complexity index is 485. The van der Waals surface area contributed by atoms with Gasteiger partial charge in [-0.15, -0.1) is 0 Å². The molecule has 0 radical (unpaired) electrons. The standard InChI is InChI=1S/C12H21N3O3S/c1-10(2)15(8-3-9-16)19(17,18)12-6-4-11(14-13)5-7-12/h4-7,10,14,16H,3,8-9,13H2,1-2H3. The quantitative estimate of drug-likeness (QED) is 0.508.